The van der Waals surface area contributed by atoms with Crippen molar-refractivity contribution in [2.45, 2.75) is 39.1 Å². The lowest BCUT2D eigenvalue weighted by Crippen LogP contribution is -2.16. The van der Waals surface area contributed by atoms with Gasteiger partial charge < -0.3 is 5.11 Å². The number of thiazole rings is 1. The van der Waals surface area contributed by atoms with Gasteiger partial charge in [0.15, 0.2) is 5.13 Å². The maximum atomic E-state index is 13.3. The highest BCUT2D eigenvalue weighted by Crippen LogP contribution is 2.34. The average molecular weight is 527 g/mol. The van der Waals surface area contributed by atoms with E-state index in [0.29, 0.717) is 22.0 Å². The largest absolute Gasteiger partial charge is 0.481 e. The van der Waals surface area contributed by atoms with Crippen LogP contribution in [0.25, 0.3) is 0 Å². The van der Waals surface area contributed by atoms with Gasteiger partial charge in [0.2, 0.25) is 0 Å². The molecular weight excluding hydrogens is 507 g/mol. The maximum absolute atomic E-state index is 13.3. The minimum atomic E-state index is -0.963. The predicted octanol–water partition coefficient (Wildman–Crippen LogP) is 6.21. The number of carboxylic acid groups (broad SMARTS) is 1. The van der Waals surface area contributed by atoms with E-state index in [-0.39, 0.29) is 16.6 Å². The molecule has 1 aromatic carbocycles. The van der Waals surface area contributed by atoms with Crippen LogP contribution in [-0.4, -0.2) is 31.9 Å². The van der Waals surface area contributed by atoms with Crippen LogP contribution in [-0.2, 0) is 4.79 Å². The highest BCUT2D eigenvalue weighted by molar-refractivity contribution is 7.99. The maximum Gasteiger partial charge on any atom is 0.312 e. The zero-order chi connectivity index (χ0) is 24.8. The van der Waals surface area contributed by atoms with Gasteiger partial charge in [-0.2, -0.15) is 0 Å². The molecule has 1 atom stereocenters. The number of pyridine rings is 2. The fourth-order valence-electron chi connectivity index (χ4n) is 3.04. The van der Waals surface area contributed by atoms with Gasteiger partial charge in [-0.1, -0.05) is 36.5 Å². The number of hydrogen-bond donors (Lipinski definition) is 2. The van der Waals surface area contributed by atoms with Crippen molar-refractivity contribution in [3.8, 4) is 0 Å². The summed E-state index contributed by atoms with van der Waals surface area (Å²) in [6, 6.07) is 15.1. The number of carboxylic acids is 1. The molecule has 0 saturated carbocycles. The molecule has 0 spiro atoms. The minimum absolute atomic E-state index is 0.169. The number of rotatable bonds is 9. The minimum Gasteiger partial charge on any atom is -0.481 e. The van der Waals surface area contributed by atoms with Gasteiger partial charge in [-0.05, 0) is 55.0 Å². The molecule has 178 valence electrons. The number of hydrogen-bond acceptors (Lipinski definition) is 8. The quantitative estimate of drug-likeness (QED) is 0.265. The number of carbonyl (C=O) groups excluding carboxylic acids is 1. The van der Waals surface area contributed by atoms with Gasteiger partial charge in [-0.25, -0.2) is 19.3 Å². The molecule has 3 aromatic heterocycles. The van der Waals surface area contributed by atoms with E-state index in [2.05, 4.69) is 20.3 Å². The molecule has 0 fully saturated rings. The SMILES string of the molecule is CCC(C(=O)O)c1csc(NC(=O)c2nc(Sc3ccccn3)ccc2Sc2ccc(F)cc2)n1. The Balaban J connectivity index is 1.62. The Kier molecular flexibility index (Phi) is 8.11. The van der Waals surface area contributed by atoms with Gasteiger partial charge >= 0.3 is 5.97 Å². The molecule has 0 saturated heterocycles. The van der Waals surface area contributed by atoms with Gasteiger partial charge in [0, 0.05) is 21.4 Å². The summed E-state index contributed by atoms with van der Waals surface area (Å²) in [5.74, 6) is -2.53. The third-order valence-corrected chi connectivity index (χ3v) is 7.46. The molecule has 11 heteroatoms. The molecule has 1 amide bonds. The molecule has 7 nitrogen and oxygen atoms in total. The second-order valence-corrected chi connectivity index (χ2v) is 10.2. The summed E-state index contributed by atoms with van der Waals surface area (Å²) < 4.78 is 13.3. The Hall–Kier alpha value is -3.28. The molecule has 0 bridgehead atoms. The number of benzene rings is 1. The number of amides is 1. The normalized spacial score (nSPS) is 11.7. The second kappa shape index (κ2) is 11.4. The first-order valence-corrected chi connectivity index (χ1v) is 13.0. The summed E-state index contributed by atoms with van der Waals surface area (Å²) in [5.41, 5.74) is 0.566. The average Bonchev–Trinajstić information content (AvgIpc) is 3.30. The fraction of sp³-hybridized carbons (Fsp3) is 0.125. The summed E-state index contributed by atoms with van der Waals surface area (Å²) in [6.07, 6.45) is 2.06. The van der Waals surface area contributed by atoms with Gasteiger partial charge in [0.25, 0.3) is 5.91 Å². The van der Waals surface area contributed by atoms with Gasteiger partial charge in [0.1, 0.15) is 21.6 Å². The van der Waals surface area contributed by atoms with Gasteiger partial charge in [-0.3, -0.25) is 14.9 Å². The number of aromatic nitrogens is 3. The molecule has 4 aromatic rings. The summed E-state index contributed by atoms with van der Waals surface area (Å²) in [6.45, 7) is 1.77. The van der Waals surface area contributed by atoms with Gasteiger partial charge in [-0.15, -0.1) is 11.3 Å². The van der Waals surface area contributed by atoms with Crippen LogP contribution in [0.1, 0.15) is 35.4 Å². The number of anilines is 1. The molecule has 4 rings (SSSR count). The van der Waals surface area contributed by atoms with Crippen LogP contribution >= 0.6 is 34.9 Å². The Labute approximate surface area is 213 Å². The van der Waals surface area contributed by atoms with E-state index in [9.17, 15) is 19.1 Å². The van der Waals surface area contributed by atoms with Crippen LogP contribution in [0.2, 0.25) is 0 Å². The Morgan fingerprint density at radius 1 is 1.06 bits per heavy atom. The predicted molar refractivity (Wildman–Crippen MR) is 134 cm³/mol. The van der Waals surface area contributed by atoms with Crippen LogP contribution in [0.15, 0.2) is 86.0 Å². The second-order valence-electron chi connectivity index (χ2n) is 7.15. The van der Waals surface area contributed by atoms with E-state index in [1.165, 1.54) is 35.7 Å². The van der Waals surface area contributed by atoms with Crippen molar-refractivity contribution < 1.29 is 19.1 Å². The highest BCUT2D eigenvalue weighted by atomic mass is 32.2. The lowest BCUT2D eigenvalue weighted by Gasteiger charge is -2.10. The molecule has 0 aliphatic heterocycles. The summed E-state index contributed by atoms with van der Waals surface area (Å²) in [4.78, 5) is 39.2. The molecule has 0 radical (unpaired) electrons. The van der Waals surface area contributed by atoms with E-state index in [1.807, 2.05) is 18.2 Å². The lowest BCUT2D eigenvalue weighted by molar-refractivity contribution is -0.138. The van der Waals surface area contributed by atoms with Crippen molar-refractivity contribution >= 4 is 51.9 Å². The Bertz CT molecular complexity index is 1330. The molecule has 2 N–H and O–H groups in total. The zero-order valence-corrected chi connectivity index (χ0v) is 20.8. The summed E-state index contributed by atoms with van der Waals surface area (Å²) >= 11 is 3.76. The smallest absolute Gasteiger partial charge is 0.312 e. The molecule has 1 unspecified atom stereocenters. The van der Waals surface area contributed by atoms with Crippen LogP contribution in [0.5, 0.6) is 0 Å². The van der Waals surface area contributed by atoms with Crippen LogP contribution in [0.4, 0.5) is 9.52 Å². The third kappa shape index (κ3) is 6.44. The number of halogens is 1. The van der Waals surface area contributed by atoms with Crippen LogP contribution in [0.3, 0.4) is 0 Å². The molecular formula is C24H19FN4O3S3. The third-order valence-electron chi connectivity index (χ3n) is 4.74. The Morgan fingerprint density at radius 2 is 1.86 bits per heavy atom. The Morgan fingerprint density at radius 3 is 2.54 bits per heavy atom. The number of nitrogens with zero attached hydrogens (tertiary/aromatic N) is 3. The molecule has 0 aliphatic carbocycles. The van der Waals surface area contributed by atoms with Crippen molar-refractivity contribution in [1.82, 2.24) is 15.0 Å². The first-order valence-electron chi connectivity index (χ1n) is 10.5. The van der Waals surface area contributed by atoms with E-state index in [1.54, 1.807) is 42.8 Å². The van der Waals surface area contributed by atoms with Crippen molar-refractivity contribution in [2.75, 3.05) is 5.32 Å². The van der Waals surface area contributed by atoms with E-state index < -0.39 is 17.8 Å². The fourth-order valence-corrected chi connectivity index (χ4v) is 5.45. The highest BCUT2D eigenvalue weighted by Gasteiger charge is 2.22. The van der Waals surface area contributed by atoms with Crippen molar-refractivity contribution in [1.29, 1.82) is 0 Å². The first kappa shape index (κ1) is 24.8. The number of carbonyl (C=O) groups is 2. The number of nitrogens with one attached hydrogen (secondary N) is 1. The molecule has 3 heterocycles. The van der Waals surface area contributed by atoms with E-state index in [4.69, 9.17) is 0 Å². The summed E-state index contributed by atoms with van der Waals surface area (Å²) in [5, 5.41) is 15.3. The zero-order valence-electron chi connectivity index (χ0n) is 18.3. The van der Waals surface area contributed by atoms with E-state index in [0.717, 1.165) is 21.3 Å². The van der Waals surface area contributed by atoms with Crippen LogP contribution in [0, 0.1) is 5.82 Å². The monoisotopic (exact) mass is 526 g/mol. The first-order chi connectivity index (χ1) is 16.9. The summed E-state index contributed by atoms with van der Waals surface area (Å²) in [7, 11) is 0. The number of aliphatic carboxylic acids is 1. The topological polar surface area (TPSA) is 105 Å². The van der Waals surface area contributed by atoms with Crippen LogP contribution < -0.4 is 5.32 Å². The van der Waals surface area contributed by atoms with Crippen molar-refractivity contribution in [2.24, 2.45) is 0 Å². The molecule has 35 heavy (non-hydrogen) atoms. The lowest BCUT2D eigenvalue weighted by atomic mass is 10.0. The standard InChI is InChI=1S/C24H19FN4O3S3/c1-2-16(23(31)32)17-13-33-24(27-17)29-22(30)21-18(34-15-8-6-14(25)7-9-15)10-11-20(28-21)35-19-5-3-4-12-26-19/h3-13,16H,2H2,1H3,(H,31,32)(H,27,29,30). The van der Waals surface area contributed by atoms with Crippen molar-refractivity contribution in [3.05, 3.63) is 83.4 Å². The van der Waals surface area contributed by atoms with Gasteiger partial charge in [0.05, 0.1) is 11.6 Å². The van der Waals surface area contributed by atoms with E-state index >= 15 is 0 Å². The molecule has 0 aliphatic rings. The van der Waals surface area contributed by atoms with Crippen molar-refractivity contribution in [3.63, 3.8) is 0 Å².